The Kier molecular flexibility index (Phi) is 14.6. The number of benzene rings is 2. The van der Waals surface area contributed by atoms with Gasteiger partial charge in [0.15, 0.2) is 29.9 Å². The molecule has 2 aromatic carbocycles. The van der Waals surface area contributed by atoms with Crippen molar-refractivity contribution in [3.05, 3.63) is 71.8 Å². The Morgan fingerprint density at radius 3 is 1.96 bits per heavy atom. The number of methoxy groups -OCH3 is 3. The van der Waals surface area contributed by atoms with Crippen molar-refractivity contribution in [3.8, 4) is 0 Å². The van der Waals surface area contributed by atoms with Crippen LogP contribution in [0.2, 0.25) is 0 Å². The lowest BCUT2D eigenvalue weighted by molar-refractivity contribution is -0.338. The molecule has 0 spiro atoms. The van der Waals surface area contributed by atoms with Gasteiger partial charge < -0.3 is 61.6 Å². The number of fused-ring (bicyclic) bond motifs is 1. The minimum absolute atomic E-state index is 0.156. The molecule has 0 saturated carbocycles. The highest BCUT2D eigenvalue weighted by molar-refractivity contribution is 5.65. The number of hydrogen-bond donors (Lipinski definition) is 0. The van der Waals surface area contributed by atoms with Gasteiger partial charge in [-0.25, -0.2) is 0 Å². The smallest absolute Gasteiger partial charge is 0.302 e. The number of carbonyl (C=O) groups excluding carboxylic acids is 1. The van der Waals surface area contributed by atoms with Gasteiger partial charge in [-0.05, 0) is 52.7 Å². The van der Waals surface area contributed by atoms with Crippen LogP contribution < -0.4 is 0 Å². The van der Waals surface area contributed by atoms with Crippen molar-refractivity contribution in [2.45, 2.75) is 140 Å². The van der Waals surface area contributed by atoms with Gasteiger partial charge in [0.1, 0.15) is 55.4 Å². The molecule has 0 N–H and O–H groups in total. The SMILES string of the molecule is COC(OC)[C@@H]1OC(C)(C)O[C@H]1[C@H](O[C@@H]1O[C@H](COCc2ccccc2)[C@@H]2OC(C)(C)O[C@@H]2[C@H]1OCc1ccccc1)[C@@H](COC(C)=O)OC(C)(C)OC. The van der Waals surface area contributed by atoms with Crippen LogP contribution in [0, 0.1) is 0 Å². The molecule has 14 nitrogen and oxygen atoms in total. The number of carbonyl (C=O) groups is 1. The fraction of sp³-hybridized carbons (Fsp3) is 0.675. The number of esters is 1. The van der Waals surface area contributed by atoms with Crippen molar-refractivity contribution in [3.63, 3.8) is 0 Å². The van der Waals surface area contributed by atoms with Gasteiger partial charge in [0.25, 0.3) is 0 Å². The van der Waals surface area contributed by atoms with Gasteiger partial charge in [-0.2, -0.15) is 0 Å². The molecule has 2 aromatic rings. The summed E-state index contributed by atoms with van der Waals surface area (Å²) in [5.41, 5.74) is 1.95. The second-order valence-electron chi connectivity index (χ2n) is 14.9. The van der Waals surface area contributed by atoms with Gasteiger partial charge >= 0.3 is 5.97 Å². The van der Waals surface area contributed by atoms with Crippen LogP contribution in [-0.2, 0) is 79.6 Å². The van der Waals surface area contributed by atoms with Gasteiger partial charge in [-0.1, -0.05) is 60.7 Å². The topological polar surface area (TPSA) is 137 Å². The zero-order valence-electron chi connectivity index (χ0n) is 33.1. The molecule has 14 heteroatoms. The van der Waals surface area contributed by atoms with Crippen LogP contribution >= 0.6 is 0 Å². The van der Waals surface area contributed by atoms with E-state index in [1.165, 1.54) is 28.3 Å². The van der Waals surface area contributed by atoms with Crippen LogP contribution in [0.25, 0.3) is 0 Å². The van der Waals surface area contributed by atoms with Crippen molar-refractivity contribution < 1.29 is 66.4 Å². The lowest BCUT2D eigenvalue weighted by atomic mass is 9.97. The van der Waals surface area contributed by atoms with Gasteiger partial charge in [-0.15, -0.1) is 0 Å². The van der Waals surface area contributed by atoms with Crippen LogP contribution in [0.5, 0.6) is 0 Å². The summed E-state index contributed by atoms with van der Waals surface area (Å²) < 4.78 is 81.9. The van der Waals surface area contributed by atoms with E-state index in [-0.39, 0.29) is 19.8 Å². The van der Waals surface area contributed by atoms with Crippen LogP contribution in [0.3, 0.4) is 0 Å². The summed E-state index contributed by atoms with van der Waals surface area (Å²) in [7, 11) is 4.53. The molecule has 54 heavy (non-hydrogen) atoms. The zero-order valence-corrected chi connectivity index (χ0v) is 33.1. The fourth-order valence-corrected chi connectivity index (χ4v) is 6.88. The maximum absolute atomic E-state index is 12.3. The zero-order chi connectivity index (χ0) is 39.1. The van der Waals surface area contributed by atoms with Gasteiger partial charge in [0.2, 0.25) is 0 Å². The lowest BCUT2D eigenvalue weighted by Gasteiger charge is -2.45. The molecule has 3 aliphatic heterocycles. The van der Waals surface area contributed by atoms with Gasteiger partial charge in [-0.3, -0.25) is 4.79 Å². The van der Waals surface area contributed by atoms with Crippen molar-refractivity contribution in [1.29, 1.82) is 0 Å². The van der Waals surface area contributed by atoms with E-state index < -0.39 is 84.7 Å². The normalized spacial score (nSPS) is 28.8. The first kappa shape index (κ1) is 42.6. The first-order valence-corrected chi connectivity index (χ1v) is 18.4. The van der Waals surface area contributed by atoms with E-state index in [0.717, 1.165) is 11.1 Å². The Hall–Kier alpha value is -2.57. The first-order valence-electron chi connectivity index (χ1n) is 18.4. The molecule has 3 aliphatic rings. The van der Waals surface area contributed by atoms with Crippen molar-refractivity contribution in [2.75, 3.05) is 34.5 Å². The van der Waals surface area contributed by atoms with Crippen molar-refractivity contribution in [1.82, 2.24) is 0 Å². The molecule has 9 atom stereocenters. The summed E-state index contributed by atoms with van der Waals surface area (Å²) in [5, 5.41) is 0. The average Bonchev–Trinajstić information content (AvgIpc) is 3.64. The molecule has 0 amide bonds. The van der Waals surface area contributed by atoms with Crippen LogP contribution in [-0.4, -0.2) is 119 Å². The molecule has 3 heterocycles. The van der Waals surface area contributed by atoms with Gasteiger partial charge in [0.05, 0.1) is 19.8 Å². The monoisotopic (exact) mass is 762 g/mol. The standard InChI is InChI=1S/C40H58O14/c1-25(41)46-24-29(50-38(2,3)44-10)30(32-35(36(42-8)43-9)54-40(6,7)52-32)49-37-34(47-22-27-19-15-12-16-20-27)33-31(51-39(4,5)53-33)28(48-37)23-45-21-26-17-13-11-14-18-26/h11-20,28-37H,21-24H2,1-10H3/t28-,29-,30-,31+,32+,33+,34-,35-,37+/m1/s1. The Balaban J connectivity index is 1.55. The predicted molar refractivity (Wildman–Crippen MR) is 193 cm³/mol. The summed E-state index contributed by atoms with van der Waals surface area (Å²) in [6.45, 7) is 12.6. The number of rotatable bonds is 19. The molecular weight excluding hydrogens is 704 g/mol. The third-order valence-corrected chi connectivity index (χ3v) is 9.37. The molecule has 0 bridgehead atoms. The Bertz CT molecular complexity index is 1430. The van der Waals surface area contributed by atoms with E-state index in [1.807, 2.05) is 74.5 Å². The molecular formula is C40H58O14. The largest absolute Gasteiger partial charge is 0.463 e. The molecule has 0 radical (unpaired) electrons. The summed E-state index contributed by atoms with van der Waals surface area (Å²) in [6.07, 6.45) is -8.49. The molecule has 0 aromatic heterocycles. The van der Waals surface area contributed by atoms with Crippen LogP contribution in [0.4, 0.5) is 0 Å². The first-order chi connectivity index (χ1) is 25.6. The van der Waals surface area contributed by atoms with E-state index in [1.54, 1.807) is 27.7 Å². The van der Waals surface area contributed by atoms with E-state index in [4.69, 9.17) is 61.6 Å². The molecule has 3 saturated heterocycles. The molecule has 3 fully saturated rings. The quantitative estimate of drug-likeness (QED) is 0.142. The molecule has 302 valence electrons. The van der Waals surface area contributed by atoms with Crippen LogP contribution in [0.15, 0.2) is 60.7 Å². The van der Waals surface area contributed by atoms with Crippen LogP contribution in [0.1, 0.15) is 59.6 Å². The summed E-state index contributed by atoms with van der Waals surface area (Å²) in [5.74, 6) is -3.73. The summed E-state index contributed by atoms with van der Waals surface area (Å²) in [4.78, 5) is 12.3. The van der Waals surface area contributed by atoms with E-state index in [0.29, 0.717) is 6.61 Å². The van der Waals surface area contributed by atoms with Crippen molar-refractivity contribution in [2.24, 2.45) is 0 Å². The number of ether oxygens (including phenoxy) is 13. The summed E-state index contributed by atoms with van der Waals surface area (Å²) >= 11 is 0. The third-order valence-electron chi connectivity index (χ3n) is 9.37. The molecule has 5 rings (SSSR count). The summed E-state index contributed by atoms with van der Waals surface area (Å²) in [6, 6.07) is 19.6. The van der Waals surface area contributed by atoms with E-state index in [9.17, 15) is 4.79 Å². The van der Waals surface area contributed by atoms with Gasteiger partial charge in [0, 0.05) is 28.3 Å². The van der Waals surface area contributed by atoms with E-state index >= 15 is 0 Å². The van der Waals surface area contributed by atoms with E-state index in [2.05, 4.69) is 0 Å². The second-order valence-corrected chi connectivity index (χ2v) is 14.9. The minimum atomic E-state index is -1.15. The predicted octanol–water partition coefficient (Wildman–Crippen LogP) is 4.89. The maximum atomic E-state index is 12.3. The minimum Gasteiger partial charge on any atom is -0.463 e. The second kappa shape index (κ2) is 18.6. The molecule has 0 aliphatic carbocycles. The maximum Gasteiger partial charge on any atom is 0.302 e. The Morgan fingerprint density at radius 2 is 1.37 bits per heavy atom. The molecule has 0 unspecified atom stereocenters. The highest BCUT2D eigenvalue weighted by Gasteiger charge is 2.59. The Labute approximate surface area is 318 Å². The average molecular weight is 763 g/mol. The Morgan fingerprint density at radius 1 is 0.796 bits per heavy atom. The highest BCUT2D eigenvalue weighted by Crippen LogP contribution is 2.42. The third kappa shape index (κ3) is 11.3. The lowest BCUT2D eigenvalue weighted by Crippen LogP contribution is -2.62. The fourth-order valence-electron chi connectivity index (χ4n) is 6.88. The number of hydrogen-bond acceptors (Lipinski definition) is 14. The highest BCUT2D eigenvalue weighted by atomic mass is 16.8. The van der Waals surface area contributed by atoms with Crippen molar-refractivity contribution >= 4 is 5.97 Å².